The molecule has 1 fully saturated rings. The molecule has 0 bridgehead atoms. The third kappa shape index (κ3) is 2.78. The molecule has 1 N–H and O–H groups in total. The lowest BCUT2D eigenvalue weighted by Crippen LogP contribution is -2.54. The number of nitrogens with zero attached hydrogens (tertiary/aromatic N) is 2. The number of amides is 3. The summed E-state index contributed by atoms with van der Waals surface area (Å²) in [6.45, 7) is 1.94. The maximum atomic E-state index is 12.7. The van der Waals surface area contributed by atoms with E-state index < -0.39 is 11.8 Å². The van der Waals surface area contributed by atoms with E-state index in [0.717, 1.165) is 36.3 Å². The number of rotatable bonds is 3. The van der Waals surface area contributed by atoms with E-state index in [0.29, 0.717) is 16.5 Å². The van der Waals surface area contributed by atoms with E-state index in [1.807, 2.05) is 17.0 Å². The second-order valence-corrected chi connectivity index (χ2v) is 6.53. The van der Waals surface area contributed by atoms with Gasteiger partial charge in [0.05, 0.1) is 17.7 Å². The van der Waals surface area contributed by atoms with Crippen LogP contribution in [0.5, 0.6) is 0 Å². The standard InChI is InChI=1S/C19H19N3O3/c23-16(12-21-10-2-1-3-11-21)20-22-18(24)14-8-4-6-13-7-5-9-15(17(13)14)19(22)25/h4-9H,1-3,10-12H2,(H,20,23). The van der Waals surface area contributed by atoms with Gasteiger partial charge >= 0.3 is 0 Å². The predicted molar refractivity (Wildman–Crippen MR) is 92.9 cm³/mol. The highest BCUT2D eigenvalue weighted by Gasteiger charge is 2.34. The lowest BCUT2D eigenvalue weighted by Gasteiger charge is -2.29. The van der Waals surface area contributed by atoms with Crippen LogP contribution in [0.4, 0.5) is 0 Å². The van der Waals surface area contributed by atoms with E-state index in [4.69, 9.17) is 0 Å². The van der Waals surface area contributed by atoms with Crippen LogP contribution in [0.3, 0.4) is 0 Å². The lowest BCUT2D eigenvalue weighted by atomic mass is 9.95. The fourth-order valence-corrected chi connectivity index (χ4v) is 3.61. The minimum absolute atomic E-state index is 0.197. The molecule has 2 aromatic carbocycles. The van der Waals surface area contributed by atoms with Gasteiger partial charge in [0.2, 0.25) is 0 Å². The van der Waals surface area contributed by atoms with Gasteiger partial charge in [0.15, 0.2) is 0 Å². The number of likely N-dealkylation sites (tertiary alicyclic amines) is 1. The van der Waals surface area contributed by atoms with Crippen molar-refractivity contribution in [1.82, 2.24) is 15.3 Å². The highest BCUT2D eigenvalue weighted by atomic mass is 16.2. The molecule has 0 radical (unpaired) electrons. The first-order valence-corrected chi connectivity index (χ1v) is 8.57. The number of hydrogen-bond acceptors (Lipinski definition) is 4. The summed E-state index contributed by atoms with van der Waals surface area (Å²) in [4.78, 5) is 39.8. The molecular formula is C19H19N3O3. The highest BCUT2D eigenvalue weighted by Crippen LogP contribution is 2.29. The quantitative estimate of drug-likeness (QED) is 0.869. The van der Waals surface area contributed by atoms with Crippen molar-refractivity contribution in [3.8, 4) is 0 Å². The summed E-state index contributed by atoms with van der Waals surface area (Å²) in [5.74, 6) is -1.31. The zero-order valence-corrected chi connectivity index (χ0v) is 13.8. The van der Waals surface area contributed by atoms with Crippen LogP contribution >= 0.6 is 0 Å². The Hall–Kier alpha value is -2.73. The number of benzene rings is 2. The molecule has 0 atom stereocenters. The molecule has 3 amide bonds. The molecule has 6 nitrogen and oxygen atoms in total. The zero-order valence-electron chi connectivity index (χ0n) is 13.8. The van der Waals surface area contributed by atoms with Crippen LogP contribution in [0, 0.1) is 0 Å². The van der Waals surface area contributed by atoms with Crippen molar-refractivity contribution in [3.63, 3.8) is 0 Å². The number of imide groups is 1. The Morgan fingerprint density at radius 3 is 2.12 bits per heavy atom. The minimum Gasteiger partial charge on any atom is -0.294 e. The van der Waals surface area contributed by atoms with Crippen LogP contribution < -0.4 is 5.43 Å². The fraction of sp³-hybridized carbons (Fsp3) is 0.316. The summed E-state index contributed by atoms with van der Waals surface area (Å²) in [6.07, 6.45) is 3.33. The van der Waals surface area contributed by atoms with Crippen LogP contribution in [-0.2, 0) is 4.79 Å². The molecule has 2 heterocycles. The van der Waals surface area contributed by atoms with Crippen LogP contribution in [0.25, 0.3) is 10.8 Å². The second kappa shape index (κ2) is 6.29. The van der Waals surface area contributed by atoms with Crippen molar-refractivity contribution in [2.24, 2.45) is 0 Å². The summed E-state index contributed by atoms with van der Waals surface area (Å²) < 4.78 is 0. The van der Waals surface area contributed by atoms with E-state index in [1.165, 1.54) is 6.42 Å². The van der Waals surface area contributed by atoms with E-state index >= 15 is 0 Å². The van der Waals surface area contributed by atoms with Gasteiger partial charge in [-0.2, -0.15) is 5.01 Å². The van der Waals surface area contributed by atoms with E-state index in [2.05, 4.69) is 5.43 Å². The summed E-state index contributed by atoms with van der Waals surface area (Å²) in [5.41, 5.74) is 3.38. The van der Waals surface area contributed by atoms with E-state index in [1.54, 1.807) is 24.3 Å². The van der Waals surface area contributed by atoms with Gasteiger partial charge in [0.1, 0.15) is 0 Å². The molecule has 128 valence electrons. The van der Waals surface area contributed by atoms with Crippen molar-refractivity contribution in [3.05, 3.63) is 47.5 Å². The number of carbonyl (C=O) groups excluding carboxylic acids is 3. The molecule has 6 heteroatoms. The summed E-state index contributed by atoms with van der Waals surface area (Å²) in [7, 11) is 0. The first-order chi connectivity index (χ1) is 12.1. The molecule has 2 aliphatic rings. The Kier molecular flexibility index (Phi) is 3.97. The van der Waals surface area contributed by atoms with Gasteiger partial charge in [0.25, 0.3) is 17.7 Å². The number of carbonyl (C=O) groups is 3. The molecule has 2 aliphatic heterocycles. The maximum absolute atomic E-state index is 12.7. The maximum Gasteiger partial charge on any atom is 0.280 e. The van der Waals surface area contributed by atoms with Gasteiger partial charge in [-0.25, -0.2) is 0 Å². The summed E-state index contributed by atoms with van der Waals surface area (Å²) in [6, 6.07) is 10.7. The van der Waals surface area contributed by atoms with Gasteiger partial charge in [-0.3, -0.25) is 24.7 Å². The second-order valence-electron chi connectivity index (χ2n) is 6.53. The Morgan fingerprint density at radius 1 is 0.920 bits per heavy atom. The predicted octanol–water partition coefficient (Wildman–Crippen LogP) is 1.95. The number of nitrogens with one attached hydrogen (secondary N) is 1. The molecule has 0 aromatic heterocycles. The molecule has 0 unspecified atom stereocenters. The summed E-state index contributed by atoms with van der Waals surface area (Å²) in [5, 5.41) is 2.35. The zero-order chi connectivity index (χ0) is 17.4. The molecule has 1 saturated heterocycles. The normalized spacial score (nSPS) is 17.8. The van der Waals surface area contributed by atoms with Crippen LogP contribution in [0.1, 0.15) is 40.0 Å². The molecule has 0 aliphatic carbocycles. The van der Waals surface area contributed by atoms with Gasteiger partial charge in [0, 0.05) is 5.39 Å². The first kappa shape index (κ1) is 15.8. The van der Waals surface area contributed by atoms with Gasteiger partial charge in [-0.1, -0.05) is 30.7 Å². The number of piperidine rings is 1. The van der Waals surface area contributed by atoms with E-state index in [-0.39, 0.29) is 12.5 Å². The molecule has 0 saturated carbocycles. The van der Waals surface area contributed by atoms with Crippen molar-refractivity contribution < 1.29 is 14.4 Å². The topological polar surface area (TPSA) is 69.7 Å². The van der Waals surface area contributed by atoms with Gasteiger partial charge < -0.3 is 0 Å². The fourth-order valence-electron chi connectivity index (χ4n) is 3.61. The Bertz CT molecular complexity index is 821. The average molecular weight is 337 g/mol. The Labute approximate surface area is 145 Å². The lowest BCUT2D eigenvalue weighted by molar-refractivity contribution is -0.125. The third-order valence-corrected chi connectivity index (χ3v) is 4.82. The molecule has 0 spiro atoms. The highest BCUT2D eigenvalue weighted by molar-refractivity contribution is 6.25. The SMILES string of the molecule is O=C(CN1CCCCC1)NN1C(=O)c2cccc3cccc(c23)C1=O. The first-order valence-electron chi connectivity index (χ1n) is 8.57. The van der Waals surface area contributed by atoms with Crippen molar-refractivity contribution in [2.75, 3.05) is 19.6 Å². The van der Waals surface area contributed by atoms with Crippen molar-refractivity contribution >= 4 is 28.5 Å². The number of hydrazine groups is 1. The van der Waals surface area contributed by atoms with Crippen molar-refractivity contribution in [1.29, 1.82) is 0 Å². The Balaban J connectivity index is 1.58. The van der Waals surface area contributed by atoms with Crippen LogP contribution in [0.15, 0.2) is 36.4 Å². The van der Waals surface area contributed by atoms with Crippen molar-refractivity contribution in [2.45, 2.75) is 19.3 Å². The average Bonchev–Trinajstić information content (AvgIpc) is 2.64. The Morgan fingerprint density at radius 2 is 1.52 bits per heavy atom. The van der Waals surface area contributed by atoms with Crippen LogP contribution in [-0.4, -0.2) is 47.3 Å². The molecule has 4 rings (SSSR count). The smallest absolute Gasteiger partial charge is 0.280 e. The summed E-state index contributed by atoms with van der Waals surface area (Å²) >= 11 is 0. The van der Waals surface area contributed by atoms with E-state index in [9.17, 15) is 14.4 Å². The minimum atomic E-state index is -0.485. The van der Waals surface area contributed by atoms with Gasteiger partial charge in [-0.05, 0) is 43.5 Å². The molecule has 25 heavy (non-hydrogen) atoms. The number of hydrogen-bond donors (Lipinski definition) is 1. The molecular weight excluding hydrogens is 318 g/mol. The monoisotopic (exact) mass is 337 g/mol. The molecule has 2 aromatic rings. The largest absolute Gasteiger partial charge is 0.294 e. The van der Waals surface area contributed by atoms with Crippen LogP contribution in [0.2, 0.25) is 0 Å². The third-order valence-electron chi connectivity index (χ3n) is 4.82. The van der Waals surface area contributed by atoms with Gasteiger partial charge in [-0.15, -0.1) is 0 Å².